The van der Waals surface area contributed by atoms with E-state index in [1.807, 2.05) is 36.5 Å². The van der Waals surface area contributed by atoms with Gasteiger partial charge in [-0.15, -0.1) is 11.3 Å². The molecule has 0 spiro atoms. The van der Waals surface area contributed by atoms with Crippen molar-refractivity contribution in [2.45, 2.75) is 32.4 Å². The van der Waals surface area contributed by atoms with E-state index < -0.39 is 0 Å². The van der Waals surface area contributed by atoms with Gasteiger partial charge in [-0.3, -0.25) is 4.79 Å². The molecule has 1 saturated heterocycles. The lowest BCUT2D eigenvalue weighted by molar-refractivity contribution is 0.00604. The van der Waals surface area contributed by atoms with E-state index in [1.54, 1.807) is 11.3 Å². The Balaban J connectivity index is 1.40. The zero-order valence-corrected chi connectivity index (χ0v) is 15.9. The third kappa shape index (κ3) is 3.84. The van der Waals surface area contributed by atoms with Gasteiger partial charge in [-0.05, 0) is 37.8 Å². The minimum Gasteiger partial charge on any atom is -0.381 e. The van der Waals surface area contributed by atoms with Crippen molar-refractivity contribution in [3.8, 4) is 0 Å². The lowest BCUT2D eigenvalue weighted by atomic mass is 10.0. The van der Waals surface area contributed by atoms with Crippen molar-refractivity contribution in [1.82, 2.24) is 14.5 Å². The molecule has 0 saturated carbocycles. The Bertz CT molecular complexity index is 751. The zero-order valence-electron chi connectivity index (χ0n) is 15.1. The Hall–Kier alpha value is -1.70. The predicted octanol–water partition coefficient (Wildman–Crippen LogP) is 2.89. The van der Waals surface area contributed by atoms with Gasteiger partial charge in [0.15, 0.2) is 0 Å². The zero-order chi connectivity index (χ0) is 17.9. The highest BCUT2D eigenvalue weighted by molar-refractivity contribution is 7.13. The first-order chi connectivity index (χ1) is 12.7. The minimum atomic E-state index is 0.102. The van der Waals surface area contributed by atoms with Crippen molar-refractivity contribution >= 4 is 17.2 Å². The first-order valence-electron chi connectivity index (χ1n) is 9.22. The monoisotopic (exact) mass is 375 g/mol. The number of aryl methyl sites for hydroxylation is 1. The number of ether oxygens (including phenoxy) is 2. The summed E-state index contributed by atoms with van der Waals surface area (Å²) in [5.74, 6) is 0.686. The fraction of sp³-hybridized carbons (Fsp3) is 0.579. The molecule has 6 nitrogen and oxygen atoms in total. The van der Waals surface area contributed by atoms with Crippen molar-refractivity contribution in [1.29, 1.82) is 0 Å². The molecule has 140 valence electrons. The fourth-order valence-electron chi connectivity index (χ4n) is 3.66. The lowest BCUT2D eigenvalue weighted by Gasteiger charge is -2.34. The molecule has 2 aromatic rings. The first kappa shape index (κ1) is 17.7. The molecule has 1 fully saturated rings. The quantitative estimate of drug-likeness (QED) is 0.806. The van der Waals surface area contributed by atoms with Crippen LogP contribution in [0.25, 0.3) is 0 Å². The molecule has 0 radical (unpaired) electrons. The first-order valence-corrected chi connectivity index (χ1v) is 10.0. The average molecular weight is 375 g/mol. The summed E-state index contributed by atoms with van der Waals surface area (Å²) in [5, 5.41) is 0. The van der Waals surface area contributed by atoms with Crippen LogP contribution in [-0.4, -0.2) is 53.3 Å². The molecule has 0 bridgehead atoms. The maximum Gasteiger partial charge on any atom is 0.264 e. The maximum absolute atomic E-state index is 12.9. The lowest BCUT2D eigenvalue weighted by Crippen LogP contribution is -2.42. The van der Waals surface area contributed by atoms with E-state index in [4.69, 9.17) is 9.47 Å². The van der Waals surface area contributed by atoms with Gasteiger partial charge in [0.25, 0.3) is 5.91 Å². The number of aromatic nitrogens is 2. The molecule has 0 N–H and O–H groups in total. The molecule has 1 unspecified atom stereocenters. The van der Waals surface area contributed by atoms with Crippen LogP contribution < -0.4 is 0 Å². The highest BCUT2D eigenvalue weighted by Gasteiger charge is 2.29. The van der Waals surface area contributed by atoms with Gasteiger partial charge in [0.2, 0.25) is 0 Å². The molecule has 26 heavy (non-hydrogen) atoms. The maximum atomic E-state index is 12.9. The van der Waals surface area contributed by atoms with Crippen LogP contribution in [0.4, 0.5) is 0 Å². The van der Waals surface area contributed by atoms with Crippen LogP contribution in [0.3, 0.4) is 0 Å². The van der Waals surface area contributed by atoms with Crippen LogP contribution in [0.2, 0.25) is 0 Å². The Morgan fingerprint density at radius 2 is 2.19 bits per heavy atom. The summed E-state index contributed by atoms with van der Waals surface area (Å²) in [6, 6.07) is 4.04. The summed E-state index contributed by atoms with van der Waals surface area (Å²) in [4.78, 5) is 21.0. The second kappa shape index (κ2) is 7.90. The number of fused-ring (bicyclic) bond motifs is 1. The molecule has 2 aliphatic rings. The van der Waals surface area contributed by atoms with Crippen LogP contribution in [0.5, 0.6) is 0 Å². The number of amides is 1. The minimum absolute atomic E-state index is 0.102. The average Bonchev–Trinajstić information content (AvgIpc) is 3.30. The van der Waals surface area contributed by atoms with Crippen molar-refractivity contribution in [2.75, 3.05) is 33.0 Å². The molecule has 2 aliphatic heterocycles. The van der Waals surface area contributed by atoms with Gasteiger partial charge in [0, 0.05) is 37.4 Å². The van der Waals surface area contributed by atoms with Crippen LogP contribution in [-0.2, 0) is 16.0 Å². The molecule has 4 heterocycles. The van der Waals surface area contributed by atoms with E-state index in [9.17, 15) is 4.79 Å². The molecular formula is C19H25N3O3S. The third-order valence-electron chi connectivity index (χ3n) is 5.17. The highest BCUT2D eigenvalue weighted by atomic mass is 32.1. The van der Waals surface area contributed by atoms with Crippen molar-refractivity contribution in [3.05, 3.63) is 40.1 Å². The molecular weight excluding hydrogens is 350 g/mol. The number of hydrogen-bond donors (Lipinski definition) is 0. The van der Waals surface area contributed by atoms with Gasteiger partial charge in [-0.1, -0.05) is 0 Å². The van der Waals surface area contributed by atoms with E-state index >= 15 is 0 Å². The highest BCUT2D eigenvalue weighted by Crippen LogP contribution is 2.25. The summed E-state index contributed by atoms with van der Waals surface area (Å²) in [5.41, 5.74) is 1.07. The SMILES string of the molecule is Cc1ccc(C(=O)N2Cc3cncn3C(COCC3CCOCC3)C2)s1. The van der Waals surface area contributed by atoms with Gasteiger partial charge in [-0.2, -0.15) is 0 Å². The van der Waals surface area contributed by atoms with Crippen LogP contribution in [0, 0.1) is 12.8 Å². The van der Waals surface area contributed by atoms with Crippen molar-refractivity contribution in [2.24, 2.45) is 5.92 Å². The third-order valence-corrected chi connectivity index (χ3v) is 6.16. The van der Waals surface area contributed by atoms with E-state index in [2.05, 4.69) is 9.55 Å². The summed E-state index contributed by atoms with van der Waals surface area (Å²) in [7, 11) is 0. The number of imidazole rings is 1. The number of rotatable bonds is 5. The molecule has 4 rings (SSSR count). The number of thiophene rings is 1. The van der Waals surface area contributed by atoms with E-state index in [-0.39, 0.29) is 11.9 Å². The number of carbonyl (C=O) groups excluding carboxylic acids is 1. The van der Waals surface area contributed by atoms with Crippen LogP contribution in [0.1, 0.15) is 39.1 Å². The normalized spacial score (nSPS) is 21.0. The van der Waals surface area contributed by atoms with E-state index in [0.29, 0.717) is 25.6 Å². The Labute approximate surface area is 157 Å². The number of nitrogens with zero attached hydrogens (tertiary/aromatic N) is 3. The molecule has 2 aromatic heterocycles. The standard InChI is InChI=1S/C19H25N3O3S/c1-14-2-3-18(26-14)19(23)21-9-16-8-20-13-22(16)17(10-21)12-25-11-15-4-6-24-7-5-15/h2-3,8,13,15,17H,4-7,9-12H2,1H3. The Morgan fingerprint density at radius 3 is 2.96 bits per heavy atom. The Kier molecular flexibility index (Phi) is 5.38. The topological polar surface area (TPSA) is 56.6 Å². The molecule has 0 aliphatic carbocycles. The van der Waals surface area contributed by atoms with Gasteiger partial charge in [-0.25, -0.2) is 4.98 Å². The summed E-state index contributed by atoms with van der Waals surface area (Å²) in [6.07, 6.45) is 5.85. The number of carbonyl (C=O) groups is 1. The van der Waals surface area contributed by atoms with Crippen molar-refractivity contribution in [3.63, 3.8) is 0 Å². The van der Waals surface area contributed by atoms with Gasteiger partial charge in [0.1, 0.15) is 0 Å². The summed E-state index contributed by atoms with van der Waals surface area (Å²) < 4.78 is 13.6. The molecule has 7 heteroatoms. The van der Waals surface area contributed by atoms with Crippen LogP contribution in [0.15, 0.2) is 24.7 Å². The second-order valence-electron chi connectivity index (χ2n) is 7.14. The second-order valence-corrected chi connectivity index (χ2v) is 8.42. The van der Waals surface area contributed by atoms with Gasteiger partial charge < -0.3 is 18.9 Å². The van der Waals surface area contributed by atoms with Crippen LogP contribution >= 0.6 is 11.3 Å². The van der Waals surface area contributed by atoms with Gasteiger partial charge >= 0.3 is 0 Å². The van der Waals surface area contributed by atoms with Gasteiger partial charge in [0.05, 0.1) is 36.1 Å². The Morgan fingerprint density at radius 1 is 1.35 bits per heavy atom. The summed E-state index contributed by atoms with van der Waals surface area (Å²) >= 11 is 1.55. The molecule has 1 atom stereocenters. The molecule has 1 amide bonds. The largest absolute Gasteiger partial charge is 0.381 e. The van der Waals surface area contributed by atoms with E-state index in [1.165, 1.54) is 0 Å². The van der Waals surface area contributed by atoms with E-state index in [0.717, 1.165) is 48.1 Å². The smallest absolute Gasteiger partial charge is 0.264 e. The van der Waals surface area contributed by atoms with Crippen molar-refractivity contribution < 1.29 is 14.3 Å². The predicted molar refractivity (Wildman–Crippen MR) is 99.4 cm³/mol. The summed E-state index contributed by atoms with van der Waals surface area (Å²) in [6.45, 7) is 6.34. The number of hydrogen-bond acceptors (Lipinski definition) is 5. The molecule has 0 aromatic carbocycles. The fourth-order valence-corrected chi connectivity index (χ4v) is 4.50.